The highest BCUT2D eigenvalue weighted by Crippen LogP contribution is 2.29. The van der Waals surface area contributed by atoms with Crippen LogP contribution in [0.25, 0.3) is 0 Å². The molecule has 100 valence electrons. The molecular formula is C13H20N2O2S. The Morgan fingerprint density at radius 3 is 2.56 bits per heavy atom. The van der Waals surface area contributed by atoms with Crippen molar-refractivity contribution in [3.63, 3.8) is 0 Å². The van der Waals surface area contributed by atoms with Gasteiger partial charge < -0.3 is 9.64 Å². The standard InChI is InChI=1S/C13H20N2O2S/c1-10(16)12-11(9-17-2)14-13(18-12)15-7-5-3-4-6-8-15/h3-9H2,1-2H3. The third-order valence-corrected chi connectivity index (χ3v) is 4.42. The minimum Gasteiger partial charge on any atom is -0.378 e. The summed E-state index contributed by atoms with van der Waals surface area (Å²) < 4.78 is 5.12. The number of anilines is 1. The highest BCUT2D eigenvalue weighted by atomic mass is 32.1. The van der Waals surface area contributed by atoms with Crippen LogP contribution in [-0.4, -0.2) is 31.0 Å². The summed E-state index contributed by atoms with van der Waals surface area (Å²) in [5.74, 6) is 0.0839. The zero-order valence-corrected chi connectivity index (χ0v) is 11.9. The van der Waals surface area contributed by atoms with Gasteiger partial charge in [-0.25, -0.2) is 4.98 Å². The third-order valence-electron chi connectivity index (χ3n) is 3.16. The average Bonchev–Trinajstić information content (AvgIpc) is 2.59. The van der Waals surface area contributed by atoms with Gasteiger partial charge in [0, 0.05) is 27.1 Å². The largest absolute Gasteiger partial charge is 0.378 e. The molecule has 0 bridgehead atoms. The summed E-state index contributed by atoms with van der Waals surface area (Å²) >= 11 is 1.51. The Balaban J connectivity index is 2.21. The molecule has 2 heterocycles. The van der Waals surface area contributed by atoms with Gasteiger partial charge in [0.05, 0.1) is 17.2 Å². The molecule has 4 nitrogen and oxygen atoms in total. The first-order valence-electron chi connectivity index (χ1n) is 6.47. The van der Waals surface area contributed by atoms with Crippen molar-refractivity contribution in [1.82, 2.24) is 4.98 Å². The van der Waals surface area contributed by atoms with Crippen LogP contribution in [0.2, 0.25) is 0 Å². The van der Waals surface area contributed by atoms with Crippen LogP contribution >= 0.6 is 11.3 Å². The summed E-state index contributed by atoms with van der Waals surface area (Å²) in [4.78, 5) is 19.2. The van der Waals surface area contributed by atoms with Crippen molar-refractivity contribution >= 4 is 22.3 Å². The van der Waals surface area contributed by atoms with Gasteiger partial charge in [0.15, 0.2) is 10.9 Å². The summed E-state index contributed by atoms with van der Waals surface area (Å²) in [6.07, 6.45) is 5.03. The molecule has 1 aromatic heterocycles. The van der Waals surface area contributed by atoms with Gasteiger partial charge in [0.2, 0.25) is 0 Å². The van der Waals surface area contributed by atoms with Crippen LogP contribution in [0.15, 0.2) is 0 Å². The highest BCUT2D eigenvalue weighted by molar-refractivity contribution is 7.17. The summed E-state index contributed by atoms with van der Waals surface area (Å²) in [7, 11) is 1.63. The van der Waals surface area contributed by atoms with Crippen LogP contribution in [0, 0.1) is 0 Å². The number of methoxy groups -OCH3 is 1. The van der Waals surface area contributed by atoms with Gasteiger partial charge in [-0.1, -0.05) is 24.2 Å². The molecule has 1 fully saturated rings. The van der Waals surface area contributed by atoms with E-state index < -0.39 is 0 Å². The molecule has 0 spiro atoms. The first kappa shape index (κ1) is 13.5. The number of carbonyl (C=O) groups excluding carboxylic acids is 1. The summed E-state index contributed by atoms with van der Waals surface area (Å²) in [5.41, 5.74) is 0.786. The lowest BCUT2D eigenvalue weighted by atomic mass is 10.2. The first-order valence-corrected chi connectivity index (χ1v) is 7.28. The normalized spacial score (nSPS) is 16.7. The fourth-order valence-corrected chi connectivity index (χ4v) is 3.26. The van der Waals surface area contributed by atoms with Crippen molar-refractivity contribution in [2.45, 2.75) is 39.2 Å². The van der Waals surface area contributed by atoms with Crippen molar-refractivity contribution in [3.8, 4) is 0 Å². The Labute approximate surface area is 112 Å². The second-order valence-corrected chi connectivity index (χ2v) is 5.64. The van der Waals surface area contributed by atoms with E-state index in [-0.39, 0.29) is 5.78 Å². The molecule has 1 aromatic rings. The molecular weight excluding hydrogens is 248 g/mol. The average molecular weight is 268 g/mol. The Kier molecular flexibility index (Phi) is 4.72. The fraction of sp³-hybridized carbons (Fsp3) is 0.692. The van der Waals surface area contributed by atoms with Crippen molar-refractivity contribution in [3.05, 3.63) is 10.6 Å². The van der Waals surface area contributed by atoms with Crippen LogP contribution in [0.4, 0.5) is 5.13 Å². The minimum atomic E-state index is 0.0839. The van der Waals surface area contributed by atoms with Gasteiger partial charge in [0.1, 0.15) is 0 Å². The molecule has 18 heavy (non-hydrogen) atoms. The van der Waals surface area contributed by atoms with Crippen molar-refractivity contribution in [2.75, 3.05) is 25.1 Å². The summed E-state index contributed by atoms with van der Waals surface area (Å²) in [6, 6.07) is 0. The van der Waals surface area contributed by atoms with Crippen LogP contribution in [0.1, 0.15) is 48.0 Å². The Morgan fingerprint density at radius 1 is 1.33 bits per heavy atom. The Bertz CT molecular complexity index is 409. The molecule has 0 atom stereocenters. The number of aromatic nitrogens is 1. The number of carbonyl (C=O) groups is 1. The quantitative estimate of drug-likeness (QED) is 0.787. The molecule has 0 amide bonds. The van der Waals surface area contributed by atoms with Gasteiger partial charge >= 0.3 is 0 Å². The zero-order chi connectivity index (χ0) is 13.0. The molecule has 0 radical (unpaired) electrons. The smallest absolute Gasteiger partial charge is 0.186 e. The molecule has 0 unspecified atom stereocenters. The van der Waals surface area contributed by atoms with Gasteiger partial charge in [-0.05, 0) is 12.8 Å². The van der Waals surface area contributed by atoms with E-state index in [1.54, 1.807) is 14.0 Å². The lowest BCUT2D eigenvalue weighted by Crippen LogP contribution is -2.23. The topological polar surface area (TPSA) is 42.4 Å². The monoisotopic (exact) mass is 268 g/mol. The number of hydrogen-bond acceptors (Lipinski definition) is 5. The van der Waals surface area contributed by atoms with E-state index in [4.69, 9.17) is 4.74 Å². The maximum absolute atomic E-state index is 11.6. The molecule has 0 aliphatic carbocycles. The van der Waals surface area contributed by atoms with E-state index in [0.29, 0.717) is 6.61 Å². The molecule has 0 aromatic carbocycles. The number of ether oxygens (including phenoxy) is 1. The predicted octanol–water partition coefficient (Wildman–Crippen LogP) is 2.87. The van der Waals surface area contributed by atoms with Crippen molar-refractivity contribution in [2.24, 2.45) is 0 Å². The SMILES string of the molecule is COCc1nc(N2CCCCCC2)sc1C(C)=O. The van der Waals surface area contributed by atoms with Crippen molar-refractivity contribution < 1.29 is 9.53 Å². The number of Topliss-reactive ketones (excluding diaryl/α,β-unsaturated/α-hetero) is 1. The molecule has 1 aliphatic rings. The van der Waals surface area contributed by atoms with E-state index in [1.807, 2.05) is 0 Å². The second-order valence-electron chi connectivity index (χ2n) is 4.66. The molecule has 2 rings (SSSR count). The Morgan fingerprint density at radius 2 is 2.00 bits per heavy atom. The minimum absolute atomic E-state index is 0.0839. The van der Waals surface area contributed by atoms with E-state index in [2.05, 4.69) is 9.88 Å². The third kappa shape index (κ3) is 3.09. The van der Waals surface area contributed by atoms with Crippen LogP contribution in [-0.2, 0) is 11.3 Å². The van der Waals surface area contributed by atoms with Gasteiger partial charge in [-0.3, -0.25) is 4.79 Å². The number of thiazole rings is 1. The molecule has 5 heteroatoms. The summed E-state index contributed by atoms with van der Waals surface area (Å²) in [5, 5.41) is 0.981. The van der Waals surface area contributed by atoms with Gasteiger partial charge in [0.25, 0.3) is 0 Å². The predicted molar refractivity (Wildman–Crippen MR) is 73.5 cm³/mol. The van der Waals surface area contributed by atoms with E-state index in [1.165, 1.54) is 37.0 Å². The fourth-order valence-electron chi connectivity index (χ4n) is 2.25. The zero-order valence-electron chi connectivity index (χ0n) is 11.1. The number of ketones is 1. The lowest BCUT2D eigenvalue weighted by Gasteiger charge is -2.18. The van der Waals surface area contributed by atoms with E-state index in [0.717, 1.165) is 28.8 Å². The van der Waals surface area contributed by atoms with E-state index in [9.17, 15) is 4.79 Å². The first-order chi connectivity index (χ1) is 8.72. The molecule has 1 aliphatic heterocycles. The van der Waals surface area contributed by atoms with E-state index >= 15 is 0 Å². The lowest BCUT2D eigenvalue weighted by molar-refractivity contribution is 0.101. The van der Waals surface area contributed by atoms with Crippen LogP contribution in [0.3, 0.4) is 0 Å². The van der Waals surface area contributed by atoms with Crippen molar-refractivity contribution in [1.29, 1.82) is 0 Å². The van der Waals surface area contributed by atoms with Crippen LogP contribution in [0.5, 0.6) is 0 Å². The molecule has 1 saturated heterocycles. The maximum Gasteiger partial charge on any atom is 0.186 e. The number of nitrogens with zero attached hydrogens (tertiary/aromatic N) is 2. The summed E-state index contributed by atoms with van der Waals surface area (Å²) in [6.45, 7) is 4.12. The second kappa shape index (κ2) is 6.29. The molecule has 0 saturated carbocycles. The molecule has 0 N–H and O–H groups in total. The maximum atomic E-state index is 11.6. The van der Waals surface area contributed by atoms with Gasteiger partial charge in [-0.15, -0.1) is 0 Å². The highest BCUT2D eigenvalue weighted by Gasteiger charge is 2.19. The number of rotatable bonds is 4. The Hall–Kier alpha value is -0.940. The van der Waals surface area contributed by atoms with Gasteiger partial charge in [-0.2, -0.15) is 0 Å². The van der Waals surface area contributed by atoms with Crippen LogP contribution < -0.4 is 4.90 Å². The number of hydrogen-bond donors (Lipinski definition) is 0.